The first kappa shape index (κ1) is 20.2. The Hall–Kier alpha value is -3.09. The predicted molar refractivity (Wildman–Crippen MR) is 96.1 cm³/mol. The lowest BCUT2D eigenvalue weighted by atomic mass is 10.1. The van der Waals surface area contributed by atoms with E-state index in [4.69, 9.17) is 19.3 Å². The number of rotatable bonds is 9. The molecule has 0 heterocycles. The van der Waals surface area contributed by atoms with Crippen LogP contribution in [-0.4, -0.2) is 31.4 Å². The van der Waals surface area contributed by atoms with Gasteiger partial charge in [-0.3, -0.25) is 0 Å². The number of methoxy groups -OCH3 is 1. The van der Waals surface area contributed by atoms with Crippen molar-refractivity contribution in [1.82, 2.24) is 0 Å². The number of alkyl halides is 2. The third kappa shape index (κ3) is 5.70. The minimum Gasteiger partial charge on any atom is -0.497 e. The standard InChI is InChI=1S/C20H20F2O5/c1-3-26-18(19(23)24)11-14-7-9-16(10-8-14)27-13-20(21,22)15-5-4-6-17(12-15)25-2/h4-12H,3,13H2,1-2H3,(H,23,24). The Bertz CT molecular complexity index is 800. The van der Waals surface area contributed by atoms with Crippen molar-refractivity contribution in [3.8, 4) is 11.5 Å². The molecule has 0 radical (unpaired) electrons. The first-order valence-electron chi connectivity index (χ1n) is 8.18. The highest BCUT2D eigenvalue weighted by Gasteiger charge is 2.33. The summed E-state index contributed by atoms with van der Waals surface area (Å²) in [5, 5.41) is 9.03. The third-order valence-corrected chi connectivity index (χ3v) is 3.60. The van der Waals surface area contributed by atoms with Crippen LogP contribution in [0.1, 0.15) is 18.1 Å². The molecule has 2 rings (SSSR count). The van der Waals surface area contributed by atoms with Crippen molar-refractivity contribution in [1.29, 1.82) is 0 Å². The molecular formula is C20H20F2O5. The Labute approximate surface area is 155 Å². The van der Waals surface area contributed by atoms with E-state index in [9.17, 15) is 13.6 Å². The van der Waals surface area contributed by atoms with Gasteiger partial charge in [-0.1, -0.05) is 24.3 Å². The molecule has 1 N–H and O–H groups in total. The highest BCUT2D eigenvalue weighted by atomic mass is 19.3. The lowest BCUT2D eigenvalue weighted by molar-refractivity contribution is -0.136. The Kier molecular flexibility index (Phi) is 6.76. The maximum Gasteiger partial charge on any atom is 0.371 e. The highest BCUT2D eigenvalue weighted by molar-refractivity contribution is 5.89. The normalized spacial score (nSPS) is 11.8. The number of carboxylic acid groups (broad SMARTS) is 1. The van der Waals surface area contributed by atoms with Crippen LogP contribution in [0.3, 0.4) is 0 Å². The number of hydrogen-bond donors (Lipinski definition) is 1. The SMILES string of the molecule is CCOC(=Cc1ccc(OCC(F)(F)c2cccc(OC)c2)cc1)C(=O)O. The van der Waals surface area contributed by atoms with Gasteiger partial charge in [0.2, 0.25) is 5.76 Å². The van der Waals surface area contributed by atoms with Gasteiger partial charge >= 0.3 is 11.9 Å². The maximum atomic E-state index is 14.3. The second-order valence-electron chi connectivity index (χ2n) is 5.54. The molecule has 0 saturated heterocycles. The summed E-state index contributed by atoms with van der Waals surface area (Å²) in [5.74, 6) is -4.00. The monoisotopic (exact) mass is 378 g/mol. The molecule has 0 fully saturated rings. The van der Waals surface area contributed by atoms with E-state index in [0.29, 0.717) is 11.3 Å². The molecule has 0 spiro atoms. The molecule has 0 aliphatic heterocycles. The summed E-state index contributed by atoms with van der Waals surface area (Å²) in [6.45, 7) is 1.06. The molecule has 0 aliphatic rings. The maximum absolute atomic E-state index is 14.3. The molecule has 0 amide bonds. The zero-order valence-corrected chi connectivity index (χ0v) is 14.9. The summed E-state index contributed by atoms with van der Waals surface area (Å²) in [4.78, 5) is 11.0. The van der Waals surface area contributed by atoms with Gasteiger partial charge in [0.15, 0.2) is 6.61 Å². The van der Waals surface area contributed by atoms with E-state index in [2.05, 4.69) is 0 Å². The van der Waals surface area contributed by atoms with Gasteiger partial charge < -0.3 is 19.3 Å². The van der Waals surface area contributed by atoms with Crippen LogP contribution < -0.4 is 9.47 Å². The average Bonchev–Trinajstić information content (AvgIpc) is 2.67. The Morgan fingerprint density at radius 3 is 2.44 bits per heavy atom. The van der Waals surface area contributed by atoms with E-state index >= 15 is 0 Å². The molecular weight excluding hydrogens is 358 g/mol. The van der Waals surface area contributed by atoms with Crippen molar-refractivity contribution in [2.75, 3.05) is 20.3 Å². The summed E-state index contributed by atoms with van der Waals surface area (Å²) in [7, 11) is 1.41. The molecule has 27 heavy (non-hydrogen) atoms. The average molecular weight is 378 g/mol. The molecule has 0 unspecified atom stereocenters. The molecule has 7 heteroatoms. The molecule has 5 nitrogen and oxygen atoms in total. The number of carboxylic acids is 1. The summed E-state index contributed by atoms with van der Waals surface area (Å²) in [6.07, 6.45) is 1.35. The number of carbonyl (C=O) groups is 1. The van der Waals surface area contributed by atoms with Gasteiger partial charge in [-0.15, -0.1) is 0 Å². The molecule has 0 bridgehead atoms. The van der Waals surface area contributed by atoms with Gasteiger partial charge in [0.05, 0.1) is 13.7 Å². The van der Waals surface area contributed by atoms with Crippen molar-refractivity contribution < 1.29 is 32.9 Å². The topological polar surface area (TPSA) is 65.0 Å². The van der Waals surface area contributed by atoms with Crippen molar-refractivity contribution in [3.05, 3.63) is 65.4 Å². The lowest BCUT2D eigenvalue weighted by Crippen LogP contribution is -2.23. The summed E-state index contributed by atoms with van der Waals surface area (Å²) >= 11 is 0. The second kappa shape index (κ2) is 9.02. The fourth-order valence-corrected chi connectivity index (χ4v) is 2.24. The number of halogens is 2. The van der Waals surface area contributed by atoms with Crippen LogP contribution in [0, 0.1) is 0 Å². The zero-order valence-electron chi connectivity index (χ0n) is 14.9. The smallest absolute Gasteiger partial charge is 0.371 e. The van der Waals surface area contributed by atoms with Gasteiger partial charge in [0.25, 0.3) is 0 Å². The highest BCUT2D eigenvalue weighted by Crippen LogP contribution is 2.31. The zero-order chi connectivity index (χ0) is 19.9. The molecule has 0 aromatic heterocycles. The number of ether oxygens (including phenoxy) is 3. The van der Waals surface area contributed by atoms with Gasteiger partial charge in [-0.05, 0) is 42.8 Å². The van der Waals surface area contributed by atoms with Gasteiger partial charge in [0, 0.05) is 5.56 Å². The van der Waals surface area contributed by atoms with Crippen LogP contribution in [0.15, 0.2) is 54.3 Å². The van der Waals surface area contributed by atoms with Crippen LogP contribution in [0.5, 0.6) is 11.5 Å². The van der Waals surface area contributed by atoms with Crippen molar-refractivity contribution >= 4 is 12.0 Å². The van der Waals surface area contributed by atoms with E-state index in [1.165, 1.54) is 43.5 Å². The van der Waals surface area contributed by atoms with E-state index < -0.39 is 18.5 Å². The third-order valence-electron chi connectivity index (χ3n) is 3.60. The second-order valence-corrected chi connectivity index (χ2v) is 5.54. The van der Waals surface area contributed by atoms with Crippen molar-refractivity contribution in [3.63, 3.8) is 0 Å². The van der Waals surface area contributed by atoms with Crippen LogP contribution in [-0.2, 0) is 15.5 Å². The Morgan fingerprint density at radius 1 is 1.15 bits per heavy atom. The van der Waals surface area contributed by atoms with Crippen LogP contribution >= 0.6 is 0 Å². The van der Waals surface area contributed by atoms with Gasteiger partial charge in [-0.2, -0.15) is 8.78 Å². The van der Waals surface area contributed by atoms with Crippen LogP contribution in [0.2, 0.25) is 0 Å². The predicted octanol–water partition coefficient (Wildman–Crippen LogP) is 4.33. The number of hydrogen-bond acceptors (Lipinski definition) is 4. The minimum absolute atomic E-state index is 0.198. The fraction of sp³-hybridized carbons (Fsp3) is 0.250. The van der Waals surface area contributed by atoms with Crippen molar-refractivity contribution in [2.24, 2.45) is 0 Å². The fourth-order valence-electron chi connectivity index (χ4n) is 2.24. The van der Waals surface area contributed by atoms with E-state index in [0.717, 1.165) is 0 Å². The summed E-state index contributed by atoms with van der Waals surface area (Å²) in [6, 6.07) is 11.7. The van der Waals surface area contributed by atoms with Crippen molar-refractivity contribution in [2.45, 2.75) is 12.8 Å². The first-order chi connectivity index (χ1) is 12.9. The summed E-state index contributed by atoms with van der Waals surface area (Å²) in [5.41, 5.74) is 0.344. The molecule has 0 atom stereocenters. The lowest BCUT2D eigenvalue weighted by Gasteiger charge is -2.18. The van der Waals surface area contributed by atoms with E-state index in [1.807, 2.05) is 0 Å². The number of benzene rings is 2. The molecule has 2 aromatic rings. The summed E-state index contributed by atoms with van der Waals surface area (Å²) < 4.78 is 43.8. The first-order valence-corrected chi connectivity index (χ1v) is 8.18. The largest absolute Gasteiger partial charge is 0.497 e. The van der Waals surface area contributed by atoms with E-state index in [-0.39, 0.29) is 23.7 Å². The van der Waals surface area contributed by atoms with Crippen LogP contribution in [0.25, 0.3) is 6.08 Å². The van der Waals surface area contributed by atoms with Gasteiger partial charge in [-0.25, -0.2) is 4.79 Å². The minimum atomic E-state index is -3.20. The van der Waals surface area contributed by atoms with E-state index in [1.54, 1.807) is 25.1 Å². The molecule has 0 aliphatic carbocycles. The molecule has 0 saturated carbocycles. The Morgan fingerprint density at radius 2 is 1.85 bits per heavy atom. The Balaban J connectivity index is 2.05. The van der Waals surface area contributed by atoms with Gasteiger partial charge in [0.1, 0.15) is 11.5 Å². The molecule has 2 aromatic carbocycles. The molecule has 144 valence electrons. The quantitative estimate of drug-likeness (QED) is 0.520. The van der Waals surface area contributed by atoms with Crippen LogP contribution in [0.4, 0.5) is 8.78 Å². The number of aliphatic carboxylic acids is 1.